The number of hydrogen-bond acceptors (Lipinski definition) is 6. The molecular weight excluding hydrogens is 524 g/mol. The summed E-state index contributed by atoms with van der Waals surface area (Å²) in [4.78, 5) is 50.1. The van der Waals surface area contributed by atoms with Gasteiger partial charge < -0.3 is 9.47 Å². The molecule has 0 spiro atoms. The van der Waals surface area contributed by atoms with Crippen LogP contribution in [0.2, 0.25) is 0 Å². The predicted molar refractivity (Wildman–Crippen MR) is 115 cm³/mol. The third-order valence-corrected chi connectivity index (χ3v) is 5.04. The molecule has 0 aromatic heterocycles. The number of urea groups is 1. The maximum absolute atomic E-state index is 13.1. The number of methoxy groups -OCH3 is 1. The highest BCUT2D eigenvalue weighted by Gasteiger charge is 2.37. The van der Waals surface area contributed by atoms with Crippen LogP contribution in [0.25, 0.3) is 6.08 Å². The van der Waals surface area contributed by atoms with Gasteiger partial charge in [-0.1, -0.05) is 22.0 Å². The minimum atomic E-state index is -0.883. The number of halogens is 2. The number of anilines is 1. The number of ether oxygens (including phenoxy) is 2. The lowest BCUT2D eigenvalue weighted by Crippen LogP contribution is -2.54. The van der Waals surface area contributed by atoms with Crippen LogP contribution in [0.1, 0.15) is 12.5 Å². The number of benzene rings is 2. The predicted octanol–water partition coefficient (Wildman–Crippen LogP) is 3.81. The van der Waals surface area contributed by atoms with Crippen molar-refractivity contribution in [2.75, 3.05) is 12.0 Å². The molecule has 0 radical (unpaired) electrons. The number of rotatable bonds is 4. The molecule has 10 heteroatoms. The molecule has 1 saturated heterocycles. The van der Waals surface area contributed by atoms with E-state index in [9.17, 15) is 19.2 Å². The number of carbonyl (C=O) groups is 4. The number of hydrogen-bond donors (Lipinski definition) is 1. The number of nitrogens with zero attached hydrogens (tertiary/aromatic N) is 1. The van der Waals surface area contributed by atoms with E-state index in [2.05, 4.69) is 37.2 Å². The van der Waals surface area contributed by atoms with Crippen molar-refractivity contribution in [3.63, 3.8) is 0 Å². The van der Waals surface area contributed by atoms with E-state index in [-0.39, 0.29) is 22.6 Å². The molecule has 1 aliphatic rings. The zero-order valence-electron chi connectivity index (χ0n) is 15.7. The Hall–Kier alpha value is -2.98. The van der Waals surface area contributed by atoms with Crippen molar-refractivity contribution >= 4 is 67.4 Å². The Kier molecular flexibility index (Phi) is 6.37. The van der Waals surface area contributed by atoms with E-state index in [4.69, 9.17) is 9.47 Å². The lowest BCUT2D eigenvalue weighted by molar-refractivity contribution is -0.132. The van der Waals surface area contributed by atoms with Crippen LogP contribution >= 0.6 is 31.9 Å². The number of nitrogens with one attached hydrogen (secondary N) is 1. The van der Waals surface area contributed by atoms with Crippen LogP contribution in [0.3, 0.4) is 0 Å². The molecule has 1 N–H and O–H groups in total. The fourth-order valence-electron chi connectivity index (χ4n) is 2.74. The molecule has 1 aliphatic heterocycles. The second kappa shape index (κ2) is 8.80. The number of esters is 1. The lowest BCUT2D eigenvalue weighted by atomic mass is 10.1. The molecule has 2 aromatic rings. The Morgan fingerprint density at radius 3 is 2.53 bits per heavy atom. The van der Waals surface area contributed by atoms with Crippen molar-refractivity contribution in [2.45, 2.75) is 6.92 Å². The maximum atomic E-state index is 13.1. The average Bonchev–Trinajstić information content (AvgIpc) is 2.67. The van der Waals surface area contributed by atoms with Crippen LogP contribution in [0.5, 0.6) is 11.5 Å². The van der Waals surface area contributed by atoms with Gasteiger partial charge in [0.15, 0.2) is 5.75 Å². The Morgan fingerprint density at radius 2 is 1.87 bits per heavy atom. The largest absolute Gasteiger partial charge is 0.497 e. The van der Waals surface area contributed by atoms with Gasteiger partial charge in [0.2, 0.25) is 0 Å². The summed E-state index contributed by atoms with van der Waals surface area (Å²) in [6, 6.07) is 8.63. The van der Waals surface area contributed by atoms with Crippen LogP contribution < -0.4 is 19.7 Å². The summed E-state index contributed by atoms with van der Waals surface area (Å²) >= 11 is 6.61. The Balaban J connectivity index is 2.10. The molecule has 0 atom stereocenters. The van der Waals surface area contributed by atoms with Gasteiger partial charge in [-0.2, -0.15) is 0 Å². The molecule has 30 heavy (non-hydrogen) atoms. The summed E-state index contributed by atoms with van der Waals surface area (Å²) in [5.74, 6) is -1.71. The molecule has 0 unspecified atom stereocenters. The van der Waals surface area contributed by atoms with Crippen molar-refractivity contribution < 1.29 is 28.7 Å². The minimum absolute atomic E-state index is 0.128. The van der Waals surface area contributed by atoms with Crippen LogP contribution in [0.15, 0.2) is 50.9 Å². The topological polar surface area (TPSA) is 102 Å². The third-order valence-electron chi connectivity index (χ3n) is 4.00. The quantitative estimate of drug-likeness (QED) is 0.275. The van der Waals surface area contributed by atoms with Crippen molar-refractivity contribution in [1.29, 1.82) is 0 Å². The summed E-state index contributed by atoms with van der Waals surface area (Å²) in [5.41, 5.74) is 0.201. The van der Waals surface area contributed by atoms with Gasteiger partial charge in [-0.3, -0.25) is 19.7 Å². The van der Waals surface area contributed by atoms with Gasteiger partial charge >= 0.3 is 12.0 Å². The molecule has 1 fully saturated rings. The molecule has 8 nitrogen and oxygen atoms in total. The highest BCUT2D eigenvalue weighted by Crippen LogP contribution is 2.35. The van der Waals surface area contributed by atoms with E-state index in [0.717, 1.165) is 4.90 Å². The van der Waals surface area contributed by atoms with Gasteiger partial charge in [-0.05, 0) is 46.3 Å². The third kappa shape index (κ3) is 4.44. The van der Waals surface area contributed by atoms with E-state index >= 15 is 0 Å². The zero-order valence-corrected chi connectivity index (χ0v) is 18.9. The molecule has 4 amide bonds. The number of amides is 4. The molecule has 154 valence electrons. The molecule has 0 saturated carbocycles. The second-order valence-corrected chi connectivity index (χ2v) is 7.83. The van der Waals surface area contributed by atoms with E-state index in [1.54, 1.807) is 24.3 Å². The van der Waals surface area contributed by atoms with Gasteiger partial charge in [-0.25, -0.2) is 9.69 Å². The van der Waals surface area contributed by atoms with E-state index in [0.29, 0.717) is 14.7 Å². The molecule has 1 heterocycles. The van der Waals surface area contributed by atoms with Crippen LogP contribution in [-0.4, -0.2) is 30.9 Å². The Bertz CT molecular complexity index is 1110. The molecule has 3 rings (SSSR count). The van der Waals surface area contributed by atoms with Gasteiger partial charge in [-0.15, -0.1) is 0 Å². The minimum Gasteiger partial charge on any atom is -0.497 e. The van der Waals surface area contributed by atoms with Gasteiger partial charge in [0, 0.05) is 23.0 Å². The first-order valence-corrected chi connectivity index (χ1v) is 10.0. The summed E-state index contributed by atoms with van der Waals surface area (Å²) in [7, 11) is 1.45. The van der Waals surface area contributed by atoms with E-state index in [1.807, 2.05) is 0 Å². The zero-order chi connectivity index (χ0) is 22.0. The van der Waals surface area contributed by atoms with Crippen LogP contribution in [0, 0.1) is 0 Å². The molecular formula is C20H14Br2N2O6. The smallest absolute Gasteiger partial charge is 0.335 e. The highest BCUT2D eigenvalue weighted by atomic mass is 79.9. The van der Waals surface area contributed by atoms with Crippen molar-refractivity contribution in [3.05, 3.63) is 56.5 Å². The Morgan fingerprint density at radius 1 is 1.13 bits per heavy atom. The SMILES string of the molecule is COc1cccc(N2C(=O)NC(=O)/C(=C/c3cc(Br)cc(Br)c3OC(C)=O)C2=O)c1. The second-order valence-electron chi connectivity index (χ2n) is 6.06. The van der Waals surface area contributed by atoms with Crippen LogP contribution in [-0.2, 0) is 14.4 Å². The number of imide groups is 2. The fourth-order valence-corrected chi connectivity index (χ4v) is 4.08. The van der Waals surface area contributed by atoms with Crippen molar-refractivity contribution in [2.24, 2.45) is 0 Å². The van der Waals surface area contributed by atoms with Crippen molar-refractivity contribution in [1.82, 2.24) is 5.32 Å². The fraction of sp³-hybridized carbons (Fsp3) is 0.100. The highest BCUT2D eigenvalue weighted by molar-refractivity contribution is 9.11. The number of carbonyl (C=O) groups excluding carboxylic acids is 4. The Labute approximate surface area is 188 Å². The average molecular weight is 538 g/mol. The normalized spacial score (nSPS) is 15.3. The number of barbiturate groups is 1. The van der Waals surface area contributed by atoms with Gasteiger partial charge in [0.1, 0.15) is 11.3 Å². The maximum Gasteiger partial charge on any atom is 0.335 e. The summed E-state index contributed by atoms with van der Waals surface area (Å²) in [6.45, 7) is 1.23. The van der Waals surface area contributed by atoms with E-state index < -0.39 is 23.8 Å². The first-order valence-electron chi connectivity index (χ1n) is 8.44. The van der Waals surface area contributed by atoms with Gasteiger partial charge in [0.25, 0.3) is 11.8 Å². The standard InChI is InChI=1S/C20H14Br2N2O6/c1-10(25)30-17-11(6-12(21)8-16(17)22)7-15-18(26)23-20(28)24(19(15)27)13-4-3-5-14(9-13)29-2/h3-9H,1-2H3,(H,23,26,28)/b15-7-. The lowest BCUT2D eigenvalue weighted by Gasteiger charge is -2.26. The van der Waals surface area contributed by atoms with E-state index in [1.165, 1.54) is 32.2 Å². The summed E-state index contributed by atoms with van der Waals surface area (Å²) in [6.07, 6.45) is 1.26. The first kappa shape index (κ1) is 21.7. The monoisotopic (exact) mass is 536 g/mol. The summed E-state index contributed by atoms with van der Waals surface area (Å²) < 4.78 is 11.4. The summed E-state index contributed by atoms with van der Waals surface area (Å²) in [5, 5.41) is 2.14. The van der Waals surface area contributed by atoms with Crippen LogP contribution in [0.4, 0.5) is 10.5 Å². The molecule has 0 aliphatic carbocycles. The van der Waals surface area contributed by atoms with Gasteiger partial charge in [0.05, 0.1) is 17.3 Å². The molecule has 0 bridgehead atoms. The molecule has 2 aromatic carbocycles. The van der Waals surface area contributed by atoms with Crippen molar-refractivity contribution in [3.8, 4) is 11.5 Å². The first-order chi connectivity index (χ1) is 14.2.